The SMILES string of the molecule is O=C(CSc1nnc(-c2ccco2)n1Cc1ccccc1)NNC(=O)c1ccccc1. The summed E-state index contributed by atoms with van der Waals surface area (Å²) in [5.74, 6) is 0.485. The molecular formula is C22H19N5O3S. The number of aromatic nitrogens is 3. The van der Waals surface area contributed by atoms with Crippen LogP contribution in [0.5, 0.6) is 0 Å². The number of thioether (sulfide) groups is 1. The average molecular weight is 433 g/mol. The topological polar surface area (TPSA) is 102 Å². The van der Waals surface area contributed by atoms with Crippen molar-refractivity contribution in [2.24, 2.45) is 0 Å². The third-order valence-corrected chi connectivity index (χ3v) is 5.29. The van der Waals surface area contributed by atoms with Gasteiger partial charge in [-0.3, -0.25) is 25.0 Å². The van der Waals surface area contributed by atoms with Crippen molar-refractivity contribution in [2.45, 2.75) is 11.7 Å². The van der Waals surface area contributed by atoms with E-state index in [0.717, 1.165) is 5.56 Å². The molecule has 156 valence electrons. The summed E-state index contributed by atoms with van der Waals surface area (Å²) in [6.45, 7) is 0.526. The van der Waals surface area contributed by atoms with Crippen LogP contribution in [0.2, 0.25) is 0 Å². The molecule has 0 aliphatic carbocycles. The number of nitrogens with zero attached hydrogens (tertiary/aromatic N) is 3. The Morgan fingerprint density at radius 1 is 0.903 bits per heavy atom. The molecule has 0 atom stereocenters. The first-order chi connectivity index (χ1) is 15.2. The Labute approximate surface area is 182 Å². The molecule has 2 heterocycles. The van der Waals surface area contributed by atoms with E-state index in [2.05, 4.69) is 21.0 Å². The highest BCUT2D eigenvalue weighted by Gasteiger charge is 2.18. The molecular weight excluding hydrogens is 414 g/mol. The number of carbonyl (C=O) groups excluding carboxylic acids is 2. The molecule has 0 radical (unpaired) electrons. The predicted octanol–water partition coefficient (Wildman–Crippen LogP) is 3.14. The van der Waals surface area contributed by atoms with Gasteiger partial charge in [0, 0.05) is 5.56 Å². The fraction of sp³-hybridized carbons (Fsp3) is 0.0909. The van der Waals surface area contributed by atoms with Gasteiger partial charge in [0.15, 0.2) is 10.9 Å². The van der Waals surface area contributed by atoms with E-state index < -0.39 is 0 Å². The number of hydrazine groups is 1. The second kappa shape index (κ2) is 9.77. The van der Waals surface area contributed by atoms with Crippen LogP contribution in [0.1, 0.15) is 15.9 Å². The summed E-state index contributed by atoms with van der Waals surface area (Å²) in [6.07, 6.45) is 1.58. The highest BCUT2D eigenvalue weighted by molar-refractivity contribution is 7.99. The van der Waals surface area contributed by atoms with Crippen molar-refractivity contribution in [1.29, 1.82) is 0 Å². The van der Waals surface area contributed by atoms with Gasteiger partial charge in [-0.15, -0.1) is 10.2 Å². The van der Waals surface area contributed by atoms with E-state index in [4.69, 9.17) is 4.42 Å². The molecule has 8 nitrogen and oxygen atoms in total. The Morgan fingerprint density at radius 2 is 1.65 bits per heavy atom. The zero-order chi connectivity index (χ0) is 21.5. The van der Waals surface area contributed by atoms with Crippen LogP contribution >= 0.6 is 11.8 Å². The number of hydrogen-bond acceptors (Lipinski definition) is 6. The minimum absolute atomic E-state index is 0.0557. The molecule has 0 bridgehead atoms. The van der Waals surface area contributed by atoms with Crippen LogP contribution in [0.3, 0.4) is 0 Å². The lowest BCUT2D eigenvalue weighted by Gasteiger charge is -2.10. The molecule has 2 N–H and O–H groups in total. The summed E-state index contributed by atoms with van der Waals surface area (Å²) < 4.78 is 7.38. The molecule has 4 rings (SSSR count). The Morgan fingerprint density at radius 3 is 2.35 bits per heavy atom. The molecule has 2 aromatic heterocycles. The van der Waals surface area contributed by atoms with E-state index in [0.29, 0.717) is 28.8 Å². The second-order valence-electron chi connectivity index (χ2n) is 6.51. The number of benzene rings is 2. The Hall–Kier alpha value is -3.85. The Kier molecular flexibility index (Phi) is 6.44. The summed E-state index contributed by atoms with van der Waals surface area (Å²) >= 11 is 1.22. The third-order valence-electron chi connectivity index (χ3n) is 4.33. The molecule has 0 aliphatic rings. The van der Waals surface area contributed by atoms with Crippen LogP contribution in [0.15, 0.2) is 88.6 Å². The van der Waals surface area contributed by atoms with E-state index >= 15 is 0 Å². The monoisotopic (exact) mass is 433 g/mol. The van der Waals surface area contributed by atoms with Gasteiger partial charge in [0.25, 0.3) is 5.91 Å². The molecule has 2 amide bonds. The normalized spacial score (nSPS) is 10.6. The van der Waals surface area contributed by atoms with Crippen molar-refractivity contribution in [3.05, 3.63) is 90.2 Å². The molecule has 31 heavy (non-hydrogen) atoms. The molecule has 0 fully saturated rings. The number of rotatable bonds is 7. The maximum absolute atomic E-state index is 12.2. The predicted molar refractivity (Wildman–Crippen MR) is 116 cm³/mol. The van der Waals surface area contributed by atoms with Crippen LogP contribution in [-0.4, -0.2) is 32.3 Å². The minimum Gasteiger partial charge on any atom is -0.461 e. The van der Waals surface area contributed by atoms with Crippen molar-refractivity contribution >= 4 is 23.6 Å². The van der Waals surface area contributed by atoms with Gasteiger partial charge < -0.3 is 4.42 Å². The molecule has 0 spiro atoms. The smallest absolute Gasteiger partial charge is 0.269 e. The summed E-state index contributed by atoms with van der Waals surface area (Å²) in [4.78, 5) is 24.3. The van der Waals surface area contributed by atoms with Crippen molar-refractivity contribution in [2.75, 3.05) is 5.75 Å². The van der Waals surface area contributed by atoms with Crippen molar-refractivity contribution < 1.29 is 14.0 Å². The largest absolute Gasteiger partial charge is 0.461 e. The Bertz CT molecular complexity index is 1140. The minimum atomic E-state index is -0.383. The molecule has 9 heteroatoms. The zero-order valence-corrected chi connectivity index (χ0v) is 17.2. The van der Waals surface area contributed by atoms with E-state index in [1.807, 2.05) is 47.0 Å². The van der Waals surface area contributed by atoms with Crippen LogP contribution in [0.4, 0.5) is 0 Å². The molecule has 0 unspecified atom stereocenters. The lowest BCUT2D eigenvalue weighted by atomic mass is 10.2. The molecule has 0 saturated heterocycles. The number of furan rings is 1. The Balaban J connectivity index is 1.42. The van der Waals surface area contributed by atoms with Crippen molar-refractivity contribution in [1.82, 2.24) is 25.6 Å². The molecule has 4 aromatic rings. The highest BCUT2D eigenvalue weighted by atomic mass is 32.2. The van der Waals surface area contributed by atoms with Crippen molar-refractivity contribution in [3.8, 4) is 11.6 Å². The standard InChI is InChI=1S/C22H19N5O3S/c28-19(23-25-21(29)17-10-5-2-6-11-17)15-31-22-26-24-20(18-12-7-13-30-18)27(22)14-16-8-3-1-4-9-16/h1-13H,14-15H2,(H,23,28)(H,25,29). The average Bonchev–Trinajstić information content (AvgIpc) is 3.47. The van der Waals surface area contributed by atoms with Gasteiger partial charge in [-0.1, -0.05) is 60.3 Å². The summed E-state index contributed by atoms with van der Waals surface area (Å²) in [5.41, 5.74) is 6.35. The van der Waals surface area contributed by atoms with E-state index in [1.165, 1.54) is 11.8 Å². The fourth-order valence-corrected chi connectivity index (χ4v) is 3.58. The lowest BCUT2D eigenvalue weighted by molar-refractivity contribution is -0.119. The van der Waals surface area contributed by atoms with Gasteiger partial charge in [0.2, 0.25) is 11.7 Å². The molecule has 2 aromatic carbocycles. The van der Waals surface area contributed by atoms with E-state index in [1.54, 1.807) is 36.6 Å². The lowest BCUT2D eigenvalue weighted by Crippen LogP contribution is -2.42. The summed E-state index contributed by atoms with van der Waals surface area (Å²) in [5, 5.41) is 9.04. The molecule has 0 aliphatic heterocycles. The zero-order valence-electron chi connectivity index (χ0n) is 16.4. The fourth-order valence-electron chi connectivity index (χ4n) is 2.85. The first-order valence-electron chi connectivity index (χ1n) is 9.49. The number of hydrogen-bond donors (Lipinski definition) is 2. The van der Waals surface area contributed by atoms with Gasteiger partial charge in [-0.05, 0) is 29.8 Å². The maximum Gasteiger partial charge on any atom is 0.269 e. The summed E-state index contributed by atoms with van der Waals surface area (Å²) in [6, 6.07) is 22.1. The highest BCUT2D eigenvalue weighted by Crippen LogP contribution is 2.25. The first-order valence-corrected chi connectivity index (χ1v) is 10.5. The number of carbonyl (C=O) groups is 2. The van der Waals surface area contributed by atoms with Crippen LogP contribution in [-0.2, 0) is 11.3 Å². The number of nitrogens with one attached hydrogen (secondary N) is 2. The van der Waals surface area contributed by atoms with Gasteiger partial charge in [-0.2, -0.15) is 0 Å². The third kappa shape index (κ3) is 5.20. The van der Waals surface area contributed by atoms with Crippen molar-refractivity contribution in [3.63, 3.8) is 0 Å². The van der Waals surface area contributed by atoms with Gasteiger partial charge in [0.1, 0.15) is 0 Å². The van der Waals surface area contributed by atoms with Gasteiger partial charge in [-0.25, -0.2) is 0 Å². The molecule has 0 saturated carbocycles. The first kappa shape index (κ1) is 20.4. The summed E-state index contributed by atoms with van der Waals surface area (Å²) in [7, 11) is 0. The van der Waals surface area contributed by atoms with E-state index in [9.17, 15) is 9.59 Å². The maximum atomic E-state index is 12.2. The second-order valence-corrected chi connectivity index (χ2v) is 7.45. The van der Waals surface area contributed by atoms with E-state index in [-0.39, 0.29) is 17.6 Å². The quantitative estimate of drug-likeness (QED) is 0.343. The van der Waals surface area contributed by atoms with Gasteiger partial charge >= 0.3 is 0 Å². The number of amides is 2. The van der Waals surface area contributed by atoms with Crippen LogP contribution < -0.4 is 10.9 Å². The van der Waals surface area contributed by atoms with Gasteiger partial charge in [0.05, 0.1) is 18.6 Å². The van der Waals surface area contributed by atoms with Crippen LogP contribution in [0.25, 0.3) is 11.6 Å². The van der Waals surface area contributed by atoms with Crippen LogP contribution in [0, 0.1) is 0 Å².